The van der Waals surface area contributed by atoms with Gasteiger partial charge in [0.1, 0.15) is 0 Å². The molecular formula is C36H39N3O. The Balaban J connectivity index is 1.53. The molecule has 4 aromatic carbocycles. The van der Waals surface area contributed by atoms with Crippen LogP contribution in [0.3, 0.4) is 0 Å². The van der Waals surface area contributed by atoms with Crippen LogP contribution in [0.25, 0.3) is 10.9 Å². The number of carbonyl (C=O) groups excluding carboxylic acids is 1. The number of likely N-dealkylation sites (N-methyl/N-ethyl adjacent to an activating group) is 1. The van der Waals surface area contributed by atoms with Gasteiger partial charge in [0, 0.05) is 55.6 Å². The van der Waals surface area contributed by atoms with Gasteiger partial charge in [0.2, 0.25) is 5.91 Å². The van der Waals surface area contributed by atoms with Gasteiger partial charge in [-0.2, -0.15) is 0 Å². The van der Waals surface area contributed by atoms with Gasteiger partial charge in [0.05, 0.1) is 0 Å². The highest BCUT2D eigenvalue weighted by Crippen LogP contribution is 2.36. The fourth-order valence-corrected chi connectivity index (χ4v) is 5.48. The predicted molar refractivity (Wildman–Crippen MR) is 166 cm³/mol. The fourth-order valence-electron chi connectivity index (χ4n) is 5.48. The van der Waals surface area contributed by atoms with Crippen molar-refractivity contribution in [2.75, 3.05) is 27.2 Å². The largest absolute Gasteiger partial charge is 0.343 e. The highest BCUT2D eigenvalue weighted by molar-refractivity contribution is 5.87. The zero-order valence-corrected chi connectivity index (χ0v) is 23.8. The summed E-state index contributed by atoms with van der Waals surface area (Å²) in [5.41, 5.74) is 7.20. The Labute approximate surface area is 238 Å². The summed E-state index contributed by atoms with van der Waals surface area (Å²) in [6.07, 6.45) is 2.70. The number of hydrogen-bond donors (Lipinski definition) is 0. The highest BCUT2D eigenvalue weighted by atomic mass is 16.2. The molecule has 5 rings (SSSR count). The monoisotopic (exact) mass is 529 g/mol. The van der Waals surface area contributed by atoms with Crippen molar-refractivity contribution in [2.24, 2.45) is 0 Å². The number of hydrogen-bond acceptors (Lipinski definition) is 2. The molecule has 1 unspecified atom stereocenters. The van der Waals surface area contributed by atoms with Crippen LogP contribution in [-0.2, 0) is 17.9 Å². The van der Waals surface area contributed by atoms with Crippen LogP contribution in [0, 0.1) is 6.92 Å². The first kappa shape index (κ1) is 27.4. The van der Waals surface area contributed by atoms with E-state index in [9.17, 15) is 4.79 Å². The lowest BCUT2D eigenvalue weighted by Crippen LogP contribution is -2.37. The highest BCUT2D eigenvalue weighted by Gasteiger charge is 2.26. The summed E-state index contributed by atoms with van der Waals surface area (Å²) >= 11 is 0. The van der Waals surface area contributed by atoms with Crippen molar-refractivity contribution in [1.82, 2.24) is 14.4 Å². The van der Waals surface area contributed by atoms with E-state index in [1.165, 1.54) is 33.2 Å². The fraction of sp³-hybridized carbons (Fsp3) is 0.250. The molecule has 1 amide bonds. The molecule has 0 bridgehead atoms. The van der Waals surface area contributed by atoms with Gasteiger partial charge in [-0.25, -0.2) is 0 Å². The number of aryl methyl sites for hydroxylation is 1. The van der Waals surface area contributed by atoms with Gasteiger partial charge in [-0.05, 0) is 49.3 Å². The minimum absolute atomic E-state index is 0.0491. The summed E-state index contributed by atoms with van der Waals surface area (Å²) < 4.78 is 2.33. The summed E-state index contributed by atoms with van der Waals surface area (Å²) in [6.45, 7) is 5.05. The molecule has 40 heavy (non-hydrogen) atoms. The standard InChI is InChI=1S/C36H39N3O/c1-28-13-12-18-31(23-28)33(24-36(40)38(22-21-37(2)3)25-29-14-6-4-7-15-29)34-27-39(26-30-16-8-5-9-17-30)35-20-11-10-19-32(34)35/h4-20,23,27,33H,21-22,24-26H2,1-3H3. The maximum atomic E-state index is 14.1. The smallest absolute Gasteiger partial charge is 0.223 e. The van der Waals surface area contributed by atoms with Gasteiger partial charge in [-0.15, -0.1) is 0 Å². The molecule has 0 N–H and O–H groups in total. The van der Waals surface area contributed by atoms with Crippen LogP contribution in [0.5, 0.6) is 0 Å². The first-order valence-electron chi connectivity index (χ1n) is 14.1. The van der Waals surface area contributed by atoms with Crippen molar-refractivity contribution >= 4 is 16.8 Å². The van der Waals surface area contributed by atoms with E-state index in [0.29, 0.717) is 19.5 Å². The molecule has 0 aliphatic carbocycles. The van der Waals surface area contributed by atoms with E-state index in [4.69, 9.17) is 0 Å². The van der Waals surface area contributed by atoms with Crippen LogP contribution in [0.2, 0.25) is 0 Å². The predicted octanol–water partition coefficient (Wildman–Crippen LogP) is 7.11. The van der Waals surface area contributed by atoms with Gasteiger partial charge in [0.25, 0.3) is 0 Å². The van der Waals surface area contributed by atoms with Crippen molar-refractivity contribution < 1.29 is 4.79 Å². The van der Waals surface area contributed by atoms with Crippen molar-refractivity contribution in [3.8, 4) is 0 Å². The van der Waals surface area contributed by atoms with Crippen molar-refractivity contribution in [3.63, 3.8) is 0 Å². The lowest BCUT2D eigenvalue weighted by molar-refractivity contribution is -0.132. The average molecular weight is 530 g/mol. The van der Waals surface area contributed by atoms with Crippen LogP contribution in [0.1, 0.15) is 40.2 Å². The van der Waals surface area contributed by atoms with Crippen molar-refractivity contribution in [2.45, 2.75) is 32.4 Å². The van der Waals surface area contributed by atoms with Gasteiger partial charge in [0.15, 0.2) is 0 Å². The molecule has 0 fully saturated rings. The third-order valence-corrected chi connectivity index (χ3v) is 7.60. The molecule has 4 heteroatoms. The molecule has 0 spiro atoms. The Hall–Kier alpha value is -4.15. The van der Waals surface area contributed by atoms with E-state index in [2.05, 4.69) is 128 Å². The number of nitrogens with zero attached hydrogens (tertiary/aromatic N) is 3. The van der Waals surface area contributed by atoms with Crippen LogP contribution in [-0.4, -0.2) is 47.5 Å². The molecule has 1 heterocycles. The molecule has 204 valence electrons. The summed E-state index contributed by atoms with van der Waals surface area (Å²) in [7, 11) is 4.12. The van der Waals surface area contributed by atoms with Gasteiger partial charge < -0.3 is 14.4 Å². The molecule has 5 aromatic rings. The van der Waals surface area contributed by atoms with E-state index in [1.54, 1.807) is 0 Å². The quantitative estimate of drug-likeness (QED) is 0.182. The Morgan fingerprint density at radius 2 is 1.45 bits per heavy atom. The Kier molecular flexibility index (Phi) is 8.78. The van der Waals surface area contributed by atoms with Crippen molar-refractivity contribution in [3.05, 3.63) is 143 Å². The van der Waals surface area contributed by atoms with E-state index >= 15 is 0 Å². The zero-order valence-electron chi connectivity index (χ0n) is 23.8. The molecule has 0 aliphatic heterocycles. The van der Waals surface area contributed by atoms with Crippen molar-refractivity contribution in [1.29, 1.82) is 0 Å². The zero-order chi connectivity index (χ0) is 27.9. The minimum Gasteiger partial charge on any atom is -0.343 e. The number of benzene rings is 4. The first-order valence-corrected chi connectivity index (χ1v) is 14.1. The van der Waals surface area contributed by atoms with E-state index < -0.39 is 0 Å². The Morgan fingerprint density at radius 1 is 0.775 bits per heavy atom. The topological polar surface area (TPSA) is 28.5 Å². The second-order valence-electron chi connectivity index (χ2n) is 11.0. The van der Waals surface area contributed by atoms with Crippen LogP contribution in [0.4, 0.5) is 0 Å². The maximum absolute atomic E-state index is 14.1. The lowest BCUT2D eigenvalue weighted by Gasteiger charge is -2.27. The molecule has 0 aliphatic rings. The molecule has 4 nitrogen and oxygen atoms in total. The van der Waals surface area contributed by atoms with E-state index in [0.717, 1.165) is 18.7 Å². The Morgan fingerprint density at radius 3 is 2.15 bits per heavy atom. The van der Waals surface area contributed by atoms with Gasteiger partial charge >= 0.3 is 0 Å². The number of amides is 1. The van der Waals surface area contributed by atoms with Crippen LogP contribution in [0.15, 0.2) is 115 Å². The first-order chi connectivity index (χ1) is 19.5. The Bertz CT molecular complexity index is 1540. The van der Waals surface area contributed by atoms with E-state index in [-0.39, 0.29) is 11.8 Å². The number of fused-ring (bicyclic) bond motifs is 1. The third kappa shape index (κ3) is 6.70. The molecule has 1 aromatic heterocycles. The average Bonchev–Trinajstić information content (AvgIpc) is 3.32. The third-order valence-electron chi connectivity index (χ3n) is 7.60. The van der Waals surface area contributed by atoms with Gasteiger partial charge in [-0.1, -0.05) is 109 Å². The number of carbonyl (C=O) groups is 1. The lowest BCUT2D eigenvalue weighted by atomic mass is 9.87. The number of aromatic nitrogens is 1. The molecule has 0 saturated heterocycles. The summed E-state index contributed by atoms with van der Waals surface area (Å²) in [5, 5.41) is 1.21. The van der Waals surface area contributed by atoms with Gasteiger partial charge in [-0.3, -0.25) is 4.79 Å². The number of para-hydroxylation sites is 1. The normalized spacial score (nSPS) is 12.1. The van der Waals surface area contributed by atoms with E-state index in [1.807, 2.05) is 23.1 Å². The minimum atomic E-state index is -0.0491. The maximum Gasteiger partial charge on any atom is 0.223 e. The SMILES string of the molecule is Cc1cccc(C(CC(=O)N(CCN(C)C)Cc2ccccc2)c2cn(Cc3ccccc3)c3ccccc23)c1. The number of rotatable bonds is 11. The van der Waals surface area contributed by atoms with Crippen LogP contribution >= 0.6 is 0 Å². The molecular weight excluding hydrogens is 490 g/mol. The summed E-state index contributed by atoms with van der Waals surface area (Å²) in [4.78, 5) is 18.3. The summed E-state index contributed by atoms with van der Waals surface area (Å²) in [5.74, 6) is 0.129. The van der Waals surface area contributed by atoms with Crippen LogP contribution < -0.4 is 0 Å². The molecule has 0 saturated carbocycles. The second kappa shape index (κ2) is 12.8. The molecule has 1 atom stereocenters. The second-order valence-corrected chi connectivity index (χ2v) is 11.0. The summed E-state index contributed by atoms with van der Waals surface area (Å²) in [6, 6.07) is 38.1. The molecule has 0 radical (unpaired) electrons.